The van der Waals surface area contributed by atoms with Gasteiger partial charge in [0.15, 0.2) is 0 Å². The van der Waals surface area contributed by atoms with E-state index in [0.717, 1.165) is 18.7 Å². The highest BCUT2D eigenvalue weighted by Crippen LogP contribution is 2.17. The Bertz CT molecular complexity index is 425. The van der Waals surface area contributed by atoms with Crippen LogP contribution >= 0.6 is 0 Å². The van der Waals surface area contributed by atoms with E-state index in [-0.39, 0.29) is 6.04 Å². The Morgan fingerprint density at radius 3 is 2.10 bits per heavy atom. The first-order chi connectivity index (χ1) is 9.92. The second-order valence-corrected chi connectivity index (χ2v) is 8.16. The molecule has 1 aromatic carbocycles. The highest BCUT2D eigenvalue weighted by Gasteiger charge is 2.15. The molecule has 0 saturated carbocycles. The lowest BCUT2D eigenvalue weighted by molar-refractivity contribution is 0.590. The molecule has 0 aromatic heterocycles. The molecule has 0 aliphatic carbocycles. The van der Waals surface area contributed by atoms with Crippen LogP contribution in [0.3, 0.4) is 0 Å². The molecule has 2 nitrogen and oxygen atoms in total. The lowest BCUT2D eigenvalue weighted by atomic mass is 10.00. The van der Waals surface area contributed by atoms with E-state index in [0.29, 0.717) is 17.6 Å². The van der Waals surface area contributed by atoms with Gasteiger partial charge < -0.3 is 5.32 Å². The van der Waals surface area contributed by atoms with Crippen molar-refractivity contribution >= 4 is 10.8 Å². The van der Waals surface area contributed by atoms with Gasteiger partial charge in [0.1, 0.15) is 0 Å². The summed E-state index contributed by atoms with van der Waals surface area (Å²) >= 11 is 0. The zero-order valence-electron chi connectivity index (χ0n) is 14.2. The average Bonchev–Trinajstić information content (AvgIpc) is 2.37. The molecule has 0 spiro atoms. The van der Waals surface area contributed by atoms with Crippen LogP contribution in [0.2, 0.25) is 0 Å². The van der Waals surface area contributed by atoms with E-state index in [2.05, 4.69) is 64.2 Å². The smallest absolute Gasteiger partial charge is 0.0436 e. The molecule has 0 amide bonds. The van der Waals surface area contributed by atoms with Crippen LogP contribution in [0.15, 0.2) is 24.3 Å². The Morgan fingerprint density at radius 1 is 1.00 bits per heavy atom. The molecule has 0 aliphatic heterocycles. The molecular weight excluding hydrogens is 278 g/mol. The molecule has 2 atom stereocenters. The van der Waals surface area contributed by atoms with Crippen molar-refractivity contribution in [3.05, 3.63) is 35.4 Å². The van der Waals surface area contributed by atoms with Crippen molar-refractivity contribution in [1.82, 2.24) is 5.32 Å². The topological polar surface area (TPSA) is 29.1 Å². The lowest BCUT2D eigenvalue weighted by Gasteiger charge is -2.19. The molecule has 0 bridgehead atoms. The van der Waals surface area contributed by atoms with Crippen molar-refractivity contribution in [2.45, 2.75) is 47.1 Å². The molecule has 0 fully saturated rings. The summed E-state index contributed by atoms with van der Waals surface area (Å²) in [7, 11) is -0.759. The van der Waals surface area contributed by atoms with Crippen LogP contribution in [0, 0.1) is 11.8 Å². The standard InChI is InChI=1S/C18H31NOS/c1-6-19-18(13-21(20)12-15(4)5)17-9-7-16(8-10-17)11-14(2)3/h7-10,14-15,18-19H,6,11-13H2,1-5H3. The van der Waals surface area contributed by atoms with Crippen molar-refractivity contribution < 1.29 is 4.21 Å². The largest absolute Gasteiger partial charge is 0.309 e. The van der Waals surface area contributed by atoms with Crippen LogP contribution < -0.4 is 5.32 Å². The number of hydrogen-bond donors (Lipinski definition) is 1. The molecule has 21 heavy (non-hydrogen) atoms. The Hall–Kier alpha value is -0.670. The molecule has 1 rings (SSSR count). The van der Waals surface area contributed by atoms with Gasteiger partial charge in [0, 0.05) is 28.3 Å². The SMILES string of the molecule is CCNC(CS(=O)CC(C)C)c1ccc(CC(C)C)cc1. The summed E-state index contributed by atoms with van der Waals surface area (Å²) in [4.78, 5) is 0. The van der Waals surface area contributed by atoms with Gasteiger partial charge in [-0.25, -0.2) is 0 Å². The Labute approximate surface area is 133 Å². The van der Waals surface area contributed by atoms with Crippen LogP contribution in [0.4, 0.5) is 0 Å². The van der Waals surface area contributed by atoms with E-state index in [9.17, 15) is 4.21 Å². The van der Waals surface area contributed by atoms with Crippen LogP contribution in [-0.2, 0) is 17.2 Å². The molecule has 120 valence electrons. The highest BCUT2D eigenvalue weighted by molar-refractivity contribution is 7.85. The van der Waals surface area contributed by atoms with Crippen LogP contribution in [-0.4, -0.2) is 22.3 Å². The fourth-order valence-electron chi connectivity index (χ4n) is 2.50. The lowest BCUT2D eigenvalue weighted by Crippen LogP contribution is -2.27. The quantitative estimate of drug-likeness (QED) is 0.748. The minimum absolute atomic E-state index is 0.197. The van der Waals surface area contributed by atoms with E-state index in [1.807, 2.05) is 0 Å². The fourth-order valence-corrected chi connectivity index (χ4v) is 4.06. The first-order valence-corrected chi connectivity index (χ1v) is 9.58. The summed E-state index contributed by atoms with van der Waals surface area (Å²) < 4.78 is 12.2. The fraction of sp³-hybridized carbons (Fsp3) is 0.667. The molecule has 0 aliphatic rings. The Balaban J connectivity index is 2.73. The van der Waals surface area contributed by atoms with Gasteiger partial charge in [-0.3, -0.25) is 4.21 Å². The molecule has 1 N–H and O–H groups in total. The van der Waals surface area contributed by atoms with Gasteiger partial charge in [-0.1, -0.05) is 58.9 Å². The Morgan fingerprint density at radius 2 is 1.62 bits per heavy atom. The third-order valence-corrected chi connectivity index (χ3v) is 5.09. The van der Waals surface area contributed by atoms with E-state index < -0.39 is 10.8 Å². The Kier molecular flexibility index (Phi) is 8.20. The van der Waals surface area contributed by atoms with Crippen molar-refractivity contribution in [3.63, 3.8) is 0 Å². The molecule has 2 unspecified atom stereocenters. The third kappa shape index (κ3) is 7.23. The second kappa shape index (κ2) is 9.37. The van der Waals surface area contributed by atoms with Gasteiger partial charge in [-0.15, -0.1) is 0 Å². The van der Waals surface area contributed by atoms with Crippen molar-refractivity contribution in [3.8, 4) is 0 Å². The number of nitrogens with one attached hydrogen (secondary N) is 1. The molecular formula is C18H31NOS. The first-order valence-electron chi connectivity index (χ1n) is 8.09. The van der Waals surface area contributed by atoms with Crippen LogP contribution in [0.1, 0.15) is 51.8 Å². The summed E-state index contributed by atoms with van der Waals surface area (Å²) in [6.45, 7) is 11.7. The highest BCUT2D eigenvalue weighted by atomic mass is 32.2. The number of hydrogen-bond acceptors (Lipinski definition) is 2. The maximum absolute atomic E-state index is 12.2. The third-order valence-electron chi connectivity index (χ3n) is 3.35. The summed E-state index contributed by atoms with van der Waals surface area (Å²) in [6, 6.07) is 9.01. The predicted molar refractivity (Wildman–Crippen MR) is 94.1 cm³/mol. The van der Waals surface area contributed by atoms with Gasteiger partial charge in [0.2, 0.25) is 0 Å². The number of benzene rings is 1. The summed E-state index contributed by atoms with van der Waals surface area (Å²) in [5.41, 5.74) is 2.63. The molecule has 0 heterocycles. The predicted octanol–water partition coefficient (Wildman–Crippen LogP) is 3.94. The van der Waals surface area contributed by atoms with Crippen molar-refractivity contribution in [1.29, 1.82) is 0 Å². The van der Waals surface area contributed by atoms with Crippen molar-refractivity contribution in [2.24, 2.45) is 11.8 Å². The van der Waals surface area contributed by atoms with E-state index in [4.69, 9.17) is 0 Å². The number of rotatable bonds is 9. The molecule has 3 heteroatoms. The maximum atomic E-state index is 12.2. The summed E-state index contributed by atoms with van der Waals surface area (Å²) in [6.07, 6.45) is 1.12. The molecule has 1 aromatic rings. The first kappa shape index (κ1) is 18.4. The zero-order valence-corrected chi connectivity index (χ0v) is 15.0. The second-order valence-electron chi connectivity index (χ2n) is 6.62. The average molecular weight is 310 g/mol. The minimum atomic E-state index is -0.759. The maximum Gasteiger partial charge on any atom is 0.0436 e. The summed E-state index contributed by atoms with van der Waals surface area (Å²) in [5, 5.41) is 3.47. The van der Waals surface area contributed by atoms with E-state index in [1.165, 1.54) is 11.1 Å². The zero-order chi connectivity index (χ0) is 15.8. The molecule has 0 saturated heterocycles. The van der Waals surface area contributed by atoms with E-state index in [1.54, 1.807) is 0 Å². The molecule has 0 radical (unpaired) electrons. The van der Waals surface area contributed by atoms with Gasteiger partial charge in [0.25, 0.3) is 0 Å². The monoisotopic (exact) mass is 309 g/mol. The van der Waals surface area contributed by atoms with Crippen molar-refractivity contribution in [2.75, 3.05) is 18.1 Å². The van der Waals surface area contributed by atoms with Gasteiger partial charge >= 0.3 is 0 Å². The van der Waals surface area contributed by atoms with Crippen LogP contribution in [0.25, 0.3) is 0 Å². The van der Waals surface area contributed by atoms with Gasteiger partial charge in [-0.2, -0.15) is 0 Å². The van der Waals surface area contributed by atoms with Gasteiger partial charge in [0.05, 0.1) is 0 Å². The van der Waals surface area contributed by atoms with Gasteiger partial charge in [-0.05, 0) is 35.9 Å². The van der Waals surface area contributed by atoms with E-state index >= 15 is 0 Å². The normalized spacial score (nSPS) is 14.6. The summed E-state index contributed by atoms with van der Waals surface area (Å²) in [5.74, 6) is 2.66. The van der Waals surface area contributed by atoms with Crippen LogP contribution in [0.5, 0.6) is 0 Å². The minimum Gasteiger partial charge on any atom is -0.309 e.